The second-order valence-electron chi connectivity index (χ2n) is 8.24. The van der Waals surface area contributed by atoms with E-state index in [4.69, 9.17) is 24.9 Å². The number of nitrogens with two attached hydrogens (primary N) is 1. The molecule has 0 bridgehead atoms. The van der Waals surface area contributed by atoms with Crippen molar-refractivity contribution in [1.82, 2.24) is 9.88 Å². The third-order valence-electron chi connectivity index (χ3n) is 5.73. The Bertz CT molecular complexity index is 1200. The Morgan fingerprint density at radius 1 is 1.11 bits per heavy atom. The first-order chi connectivity index (χ1) is 17.1. The minimum atomic E-state index is -0.309. The SMILES string of the molecule is CN1CCN(c2ccc(Sc3cc(NC(=O)CN)c4c(c3)OCO4)c(Oc3ccccc3)n2)CC1. The predicted molar refractivity (Wildman–Crippen MR) is 135 cm³/mol. The summed E-state index contributed by atoms with van der Waals surface area (Å²) in [6.07, 6.45) is 0. The van der Waals surface area contributed by atoms with Crippen molar-refractivity contribution in [2.75, 3.05) is 56.8 Å². The van der Waals surface area contributed by atoms with E-state index in [1.165, 1.54) is 11.8 Å². The number of hydrogen-bond acceptors (Lipinski definition) is 9. The minimum Gasteiger partial charge on any atom is -0.453 e. The molecule has 10 heteroatoms. The van der Waals surface area contributed by atoms with Crippen LogP contribution in [0.1, 0.15) is 0 Å². The van der Waals surface area contributed by atoms with Crippen LogP contribution in [0.15, 0.2) is 64.4 Å². The fourth-order valence-corrected chi connectivity index (χ4v) is 4.75. The van der Waals surface area contributed by atoms with Gasteiger partial charge in [-0.25, -0.2) is 0 Å². The zero-order valence-electron chi connectivity index (χ0n) is 19.4. The average Bonchev–Trinajstić information content (AvgIpc) is 3.35. The molecule has 3 aromatic rings. The van der Waals surface area contributed by atoms with Gasteiger partial charge in [0, 0.05) is 31.1 Å². The summed E-state index contributed by atoms with van der Waals surface area (Å²) in [4.78, 5) is 23.1. The van der Waals surface area contributed by atoms with E-state index in [2.05, 4.69) is 22.2 Å². The summed E-state index contributed by atoms with van der Waals surface area (Å²) < 4.78 is 17.4. The van der Waals surface area contributed by atoms with E-state index in [0.29, 0.717) is 28.8 Å². The number of benzene rings is 2. The number of ether oxygens (including phenoxy) is 3. The molecule has 9 nitrogen and oxygen atoms in total. The number of anilines is 2. The summed E-state index contributed by atoms with van der Waals surface area (Å²) in [6, 6.07) is 17.4. The topological polar surface area (TPSA) is 102 Å². The molecule has 182 valence electrons. The van der Waals surface area contributed by atoms with E-state index < -0.39 is 0 Å². The lowest BCUT2D eigenvalue weighted by molar-refractivity contribution is -0.114. The van der Waals surface area contributed by atoms with E-state index in [9.17, 15) is 4.79 Å². The molecule has 0 unspecified atom stereocenters. The number of likely N-dealkylation sites (N-methyl/N-ethyl adjacent to an activating group) is 1. The zero-order valence-corrected chi connectivity index (χ0v) is 20.2. The molecule has 0 saturated carbocycles. The van der Waals surface area contributed by atoms with E-state index in [1.54, 1.807) is 0 Å². The summed E-state index contributed by atoms with van der Waals surface area (Å²) in [5.41, 5.74) is 6.00. The number of rotatable bonds is 7. The van der Waals surface area contributed by atoms with Crippen LogP contribution in [0.4, 0.5) is 11.5 Å². The van der Waals surface area contributed by atoms with Crippen LogP contribution in [0.3, 0.4) is 0 Å². The number of amides is 1. The highest BCUT2D eigenvalue weighted by atomic mass is 32.2. The first-order valence-corrected chi connectivity index (χ1v) is 12.2. The third kappa shape index (κ3) is 5.45. The predicted octanol–water partition coefficient (Wildman–Crippen LogP) is 3.40. The van der Waals surface area contributed by atoms with E-state index in [1.807, 2.05) is 54.6 Å². The molecular formula is C25H27N5O4S. The number of piperazine rings is 1. The largest absolute Gasteiger partial charge is 0.453 e. The summed E-state index contributed by atoms with van der Waals surface area (Å²) in [7, 11) is 2.13. The van der Waals surface area contributed by atoms with E-state index in [-0.39, 0.29) is 19.2 Å². The highest BCUT2D eigenvalue weighted by molar-refractivity contribution is 7.99. The highest BCUT2D eigenvalue weighted by Crippen LogP contribution is 2.46. The van der Waals surface area contributed by atoms with Crippen LogP contribution in [0.2, 0.25) is 0 Å². The van der Waals surface area contributed by atoms with Gasteiger partial charge in [0.1, 0.15) is 11.6 Å². The first kappa shape index (κ1) is 23.3. The zero-order chi connectivity index (χ0) is 24.2. The van der Waals surface area contributed by atoms with Crippen molar-refractivity contribution < 1.29 is 19.0 Å². The fourth-order valence-electron chi connectivity index (χ4n) is 3.85. The number of fused-ring (bicyclic) bond motifs is 1. The highest BCUT2D eigenvalue weighted by Gasteiger charge is 2.23. The normalized spacial score (nSPS) is 15.2. The Morgan fingerprint density at radius 2 is 1.91 bits per heavy atom. The van der Waals surface area contributed by atoms with Gasteiger partial charge >= 0.3 is 0 Å². The molecule has 2 aliphatic rings. The lowest BCUT2D eigenvalue weighted by Crippen LogP contribution is -2.44. The fraction of sp³-hybridized carbons (Fsp3) is 0.280. The maximum absolute atomic E-state index is 11.9. The average molecular weight is 494 g/mol. The van der Waals surface area contributed by atoms with Crippen molar-refractivity contribution in [3.05, 3.63) is 54.6 Å². The molecule has 1 amide bonds. The molecule has 0 radical (unpaired) electrons. The standard InChI is InChI=1S/C25H27N5O4S/c1-29-9-11-30(12-10-29)22-8-7-21(25(28-22)34-17-5-3-2-4-6-17)35-18-13-19(27-23(31)15-26)24-20(14-18)32-16-33-24/h2-8,13-14H,9-12,15-16,26H2,1H3,(H,27,31). The van der Waals surface area contributed by atoms with Gasteiger partial charge in [-0.15, -0.1) is 0 Å². The monoisotopic (exact) mass is 493 g/mol. The minimum absolute atomic E-state index is 0.0958. The van der Waals surface area contributed by atoms with Crippen LogP contribution in [-0.4, -0.2) is 62.4 Å². The number of aromatic nitrogens is 1. The van der Waals surface area contributed by atoms with Crippen molar-refractivity contribution in [3.8, 4) is 23.1 Å². The number of carbonyl (C=O) groups is 1. The number of pyridine rings is 1. The van der Waals surface area contributed by atoms with Gasteiger partial charge in [-0.1, -0.05) is 30.0 Å². The molecule has 0 spiro atoms. The smallest absolute Gasteiger partial charge is 0.238 e. The molecule has 1 fully saturated rings. The Morgan fingerprint density at radius 3 is 2.69 bits per heavy atom. The van der Waals surface area contributed by atoms with Gasteiger partial charge in [-0.3, -0.25) is 4.79 Å². The van der Waals surface area contributed by atoms with Crippen LogP contribution in [0.5, 0.6) is 23.1 Å². The quantitative estimate of drug-likeness (QED) is 0.513. The Kier molecular flexibility index (Phi) is 6.94. The van der Waals surface area contributed by atoms with Gasteiger partial charge in [0.2, 0.25) is 18.6 Å². The molecule has 5 rings (SSSR count). The molecule has 0 atom stereocenters. The van der Waals surface area contributed by atoms with Gasteiger partial charge in [0.25, 0.3) is 0 Å². The summed E-state index contributed by atoms with van der Waals surface area (Å²) >= 11 is 1.47. The molecular weight excluding hydrogens is 466 g/mol. The van der Waals surface area contributed by atoms with Crippen molar-refractivity contribution in [2.45, 2.75) is 9.79 Å². The summed E-state index contributed by atoms with van der Waals surface area (Å²) in [6.45, 7) is 3.77. The molecule has 2 aromatic carbocycles. The molecule has 2 aliphatic heterocycles. The second kappa shape index (κ2) is 10.4. The van der Waals surface area contributed by atoms with Crippen LogP contribution >= 0.6 is 11.8 Å². The second-order valence-corrected chi connectivity index (χ2v) is 9.35. The number of nitrogens with zero attached hydrogens (tertiary/aromatic N) is 3. The van der Waals surface area contributed by atoms with Crippen molar-refractivity contribution in [3.63, 3.8) is 0 Å². The summed E-state index contributed by atoms with van der Waals surface area (Å²) in [5.74, 6) is 2.86. The van der Waals surface area contributed by atoms with Gasteiger partial charge in [-0.05, 0) is 43.4 Å². The van der Waals surface area contributed by atoms with Crippen LogP contribution in [0, 0.1) is 0 Å². The lowest BCUT2D eigenvalue weighted by Gasteiger charge is -2.33. The molecule has 3 heterocycles. The molecule has 3 N–H and O–H groups in total. The van der Waals surface area contributed by atoms with Gasteiger partial charge in [-0.2, -0.15) is 4.98 Å². The lowest BCUT2D eigenvalue weighted by atomic mass is 10.2. The Balaban J connectivity index is 1.46. The molecule has 35 heavy (non-hydrogen) atoms. The first-order valence-electron chi connectivity index (χ1n) is 11.4. The number of nitrogens with one attached hydrogen (secondary N) is 1. The number of carbonyl (C=O) groups excluding carboxylic acids is 1. The molecule has 1 aromatic heterocycles. The van der Waals surface area contributed by atoms with Crippen molar-refractivity contribution in [1.29, 1.82) is 0 Å². The van der Waals surface area contributed by atoms with Crippen molar-refractivity contribution >= 4 is 29.2 Å². The summed E-state index contributed by atoms with van der Waals surface area (Å²) in [5, 5.41) is 2.79. The van der Waals surface area contributed by atoms with Crippen LogP contribution < -0.4 is 30.2 Å². The Labute approximate surface area is 208 Å². The van der Waals surface area contributed by atoms with Crippen LogP contribution in [0.25, 0.3) is 0 Å². The van der Waals surface area contributed by atoms with Crippen LogP contribution in [-0.2, 0) is 4.79 Å². The number of para-hydroxylation sites is 1. The molecule has 1 saturated heterocycles. The van der Waals surface area contributed by atoms with E-state index >= 15 is 0 Å². The van der Waals surface area contributed by atoms with Gasteiger partial charge < -0.3 is 35.1 Å². The Hall–Kier alpha value is -3.47. The van der Waals surface area contributed by atoms with Gasteiger partial charge in [0.15, 0.2) is 11.5 Å². The molecule has 0 aliphatic carbocycles. The maximum Gasteiger partial charge on any atom is 0.238 e. The van der Waals surface area contributed by atoms with E-state index in [0.717, 1.165) is 41.8 Å². The maximum atomic E-state index is 11.9. The third-order valence-corrected chi connectivity index (χ3v) is 6.73. The van der Waals surface area contributed by atoms with Gasteiger partial charge in [0.05, 0.1) is 17.1 Å². The van der Waals surface area contributed by atoms with Crippen molar-refractivity contribution in [2.24, 2.45) is 5.73 Å². The number of hydrogen-bond donors (Lipinski definition) is 2.